The molecule has 0 spiro atoms. The minimum Gasteiger partial charge on any atom is -0.505 e. The van der Waals surface area contributed by atoms with Gasteiger partial charge < -0.3 is 9.90 Å². The van der Waals surface area contributed by atoms with E-state index in [0.29, 0.717) is 10.7 Å². The molecule has 4 nitrogen and oxygen atoms in total. The molecule has 1 aromatic heterocycles. The number of carbonyl (C=O) groups excluding carboxylic acids is 1. The third-order valence-corrected chi connectivity index (χ3v) is 5.85. The quantitative estimate of drug-likeness (QED) is 0.254. The predicted octanol–water partition coefficient (Wildman–Crippen LogP) is 12.1. The first-order valence-corrected chi connectivity index (χ1v) is 15.4. The Balaban J connectivity index is -0.000000737. The number of allylic oxidation sites excluding steroid dienone is 3. The summed E-state index contributed by atoms with van der Waals surface area (Å²) in [5.74, 6) is 0.258. The zero-order valence-electron chi connectivity index (χ0n) is 28.8. The van der Waals surface area contributed by atoms with Crippen molar-refractivity contribution in [3.63, 3.8) is 0 Å². The lowest BCUT2D eigenvalue weighted by molar-refractivity contribution is -0.106. The van der Waals surface area contributed by atoms with Gasteiger partial charge in [0.1, 0.15) is 17.7 Å². The fraction of sp³-hybridized carbons (Fsp3) is 0.486. The molecule has 2 rings (SSSR count). The molecule has 0 aliphatic carbocycles. The molecule has 0 amide bonds. The van der Waals surface area contributed by atoms with Crippen molar-refractivity contribution in [3.8, 4) is 17.0 Å². The van der Waals surface area contributed by atoms with Gasteiger partial charge in [-0.2, -0.15) is 0 Å². The van der Waals surface area contributed by atoms with Crippen LogP contribution in [-0.2, 0) is 10.2 Å². The Morgan fingerprint density at radius 1 is 1.02 bits per heavy atom. The number of aromatic hydroxyl groups is 1. The van der Waals surface area contributed by atoms with Crippen LogP contribution < -0.4 is 0 Å². The number of aldehydes is 1. The highest BCUT2D eigenvalue weighted by atomic mass is 35.5. The third-order valence-electron chi connectivity index (χ3n) is 5.60. The summed E-state index contributed by atoms with van der Waals surface area (Å²) in [4.78, 5) is 17.4. The number of benzene rings is 1. The standard InChI is InChI=1S/C22H28ClNO.C7H11N.C4H10.C2H4O.C2H6/c1-7-22(5,6)13-12-18-20(25)17(21(2,3)4)14-19(24-18)15-8-10-16(23)11-9-15;1-4-5-8-6-7(2)3;1-3-4-2;1-2-3;1-2/h8-14,25H,7H2,1-6H3;4-6H,1H2,2-3H3;3-4H2,1-2H3;2H,1H3;1-2H3/b13-12+;;;;. The Kier molecular flexibility index (Phi) is 25.5. The monoisotopic (exact) mass is 598 g/mol. The van der Waals surface area contributed by atoms with Gasteiger partial charge in [-0.05, 0) is 62.3 Å². The lowest BCUT2D eigenvalue weighted by Crippen LogP contribution is -2.13. The molecular formula is C37H59ClN2O2. The van der Waals surface area contributed by atoms with Crippen LogP contribution in [0.1, 0.15) is 121 Å². The van der Waals surface area contributed by atoms with E-state index in [1.165, 1.54) is 25.3 Å². The van der Waals surface area contributed by atoms with E-state index in [2.05, 4.69) is 73.0 Å². The number of carbonyl (C=O) groups is 1. The first kappa shape index (κ1) is 43.5. The maximum absolute atomic E-state index is 10.8. The Labute approximate surface area is 263 Å². The minimum atomic E-state index is -0.183. The molecule has 0 radical (unpaired) electrons. The second kappa shape index (κ2) is 24.6. The highest BCUT2D eigenvalue weighted by Gasteiger charge is 2.22. The second-order valence-corrected chi connectivity index (χ2v) is 11.6. The zero-order chi connectivity index (χ0) is 33.4. The van der Waals surface area contributed by atoms with Crippen LogP contribution in [0.5, 0.6) is 5.75 Å². The van der Waals surface area contributed by atoms with Gasteiger partial charge in [-0.25, -0.2) is 4.98 Å². The van der Waals surface area contributed by atoms with Gasteiger partial charge in [-0.1, -0.05) is 130 Å². The van der Waals surface area contributed by atoms with Crippen molar-refractivity contribution in [1.29, 1.82) is 0 Å². The maximum Gasteiger partial charge on any atom is 0.144 e. The molecule has 0 aliphatic rings. The summed E-state index contributed by atoms with van der Waals surface area (Å²) in [6, 6.07) is 9.60. The van der Waals surface area contributed by atoms with E-state index >= 15 is 0 Å². The first-order chi connectivity index (χ1) is 19.6. The number of aliphatic imine (C=N–C) groups is 1. The van der Waals surface area contributed by atoms with E-state index < -0.39 is 0 Å². The van der Waals surface area contributed by atoms with Crippen LogP contribution in [0.15, 0.2) is 65.8 Å². The van der Waals surface area contributed by atoms with Crippen molar-refractivity contribution in [2.45, 2.75) is 115 Å². The number of unbranched alkanes of at least 4 members (excludes halogenated alkanes) is 1. The molecule has 236 valence electrons. The van der Waals surface area contributed by atoms with E-state index in [9.17, 15) is 5.11 Å². The average Bonchev–Trinajstić information content (AvgIpc) is 2.94. The van der Waals surface area contributed by atoms with E-state index in [4.69, 9.17) is 21.4 Å². The van der Waals surface area contributed by atoms with Gasteiger partial charge in [0.25, 0.3) is 0 Å². The minimum absolute atomic E-state index is 0.0618. The summed E-state index contributed by atoms with van der Waals surface area (Å²) in [7, 11) is 0. The van der Waals surface area contributed by atoms with Crippen molar-refractivity contribution >= 4 is 30.2 Å². The van der Waals surface area contributed by atoms with E-state index in [0.717, 1.165) is 29.5 Å². The molecular weight excluding hydrogens is 540 g/mol. The highest BCUT2D eigenvalue weighted by molar-refractivity contribution is 6.30. The lowest BCUT2D eigenvalue weighted by atomic mass is 9.84. The van der Waals surface area contributed by atoms with Gasteiger partial charge in [0.05, 0.1) is 5.69 Å². The molecule has 0 aliphatic heterocycles. The number of hydrogen-bond acceptors (Lipinski definition) is 4. The van der Waals surface area contributed by atoms with E-state index in [1.807, 2.05) is 64.1 Å². The molecule has 0 unspecified atom stereocenters. The summed E-state index contributed by atoms with van der Waals surface area (Å²) in [5.41, 5.74) is 4.40. The predicted molar refractivity (Wildman–Crippen MR) is 190 cm³/mol. The number of pyridine rings is 1. The average molecular weight is 599 g/mol. The van der Waals surface area contributed by atoms with Crippen LogP contribution >= 0.6 is 11.6 Å². The topological polar surface area (TPSA) is 62.5 Å². The van der Waals surface area contributed by atoms with Crippen molar-refractivity contribution in [2.75, 3.05) is 0 Å². The fourth-order valence-electron chi connectivity index (χ4n) is 2.69. The van der Waals surface area contributed by atoms with Gasteiger partial charge in [0.15, 0.2) is 0 Å². The van der Waals surface area contributed by atoms with E-state index in [-0.39, 0.29) is 16.6 Å². The Morgan fingerprint density at radius 3 is 1.90 bits per heavy atom. The summed E-state index contributed by atoms with van der Waals surface area (Å²) >= 11 is 6.00. The molecule has 0 saturated heterocycles. The number of rotatable bonds is 7. The van der Waals surface area contributed by atoms with Gasteiger partial charge in [0, 0.05) is 28.6 Å². The van der Waals surface area contributed by atoms with Crippen LogP contribution in [-0.4, -0.2) is 22.6 Å². The van der Waals surface area contributed by atoms with Crippen molar-refractivity contribution < 1.29 is 9.90 Å². The molecule has 1 N–H and O–H groups in total. The number of nitrogens with zero attached hydrogens (tertiary/aromatic N) is 2. The Hall–Kier alpha value is -2.98. The van der Waals surface area contributed by atoms with Crippen molar-refractivity contribution in [3.05, 3.63) is 77.1 Å². The number of aromatic nitrogens is 1. The highest BCUT2D eigenvalue weighted by Crippen LogP contribution is 2.37. The van der Waals surface area contributed by atoms with Crippen LogP contribution in [0.4, 0.5) is 0 Å². The molecule has 1 aromatic carbocycles. The van der Waals surface area contributed by atoms with Crippen LogP contribution in [0.2, 0.25) is 5.02 Å². The van der Waals surface area contributed by atoms with Gasteiger partial charge in [0.2, 0.25) is 0 Å². The first-order valence-electron chi connectivity index (χ1n) is 15.0. The Morgan fingerprint density at radius 2 is 1.52 bits per heavy atom. The molecule has 42 heavy (non-hydrogen) atoms. The molecule has 0 atom stereocenters. The summed E-state index contributed by atoms with van der Waals surface area (Å²) in [6.07, 6.45) is 13.6. The largest absolute Gasteiger partial charge is 0.505 e. The summed E-state index contributed by atoms with van der Waals surface area (Å²) in [6.45, 7) is 30.1. The van der Waals surface area contributed by atoms with Gasteiger partial charge in [-0.15, -0.1) is 0 Å². The second-order valence-electron chi connectivity index (χ2n) is 11.2. The van der Waals surface area contributed by atoms with Gasteiger partial charge in [-0.3, -0.25) is 4.99 Å². The number of hydrogen-bond donors (Lipinski definition) is 1. The third kappa shape index (κ3) is 20.8. The van der Waals surface area contributed by atoms with Crippen LogP contribution in [0, 0.1) is 5.41 Å². The summed E-state index contributed by atoms with van der Waals surface area (Å²) in [5, 5.41) is 11.5. The molecule has 0 bridgehead atoms. The van der Waals surface area contributed by atoms with Gasteiger partial charge >= 0.3 is 0 Å². The van der Waals surface area contributed by atoms with Crippen molar-refractivity contribution in [2.24, 2.45) is 10.4 Å². The fourth-order valence-corrected chi connectivity index (χ4v) is 2.82. The zero-order valence-corrected chi connectivity index (χ0v) is 29.6. The molecule has 0 fully saturated rings. The molecule has 1 heterocycles. The summed E-state index contributed by atoms with van der Waals surface area (Å²) < 4.78 is 0. The molecule has 2 aromatic rings. The van der Waals surface area contributed by atoms with Crippen LogP contribution in [0.3, 0.4) is 0 Å². The van der Waals surface area contributed by atoms with E-state index in [1.54, 1.807) is 18.5 Å². The maximum atomic E-state index is 10.8. The smallest absolute Gasteiger partial charge is 0.144 e. The van der Waals surface area contributed by atoms with Crippen LogP contribution in [0.25, 0.3) is 17.3 Å². The number of halogens is 1. The SMILES string of the molecule is C=CC=NC=C(C)C.CC.CC=O.CCC(C)(C)/C=C/c1nc(-c2ccc(Cl)cc2)cc(C(C)(C)C)c1O.CCCC. The Bertz CT molecular complexity index is 1080. The lowest BCUT2D eigenvalue weighted by Gasteiger charge is -2.23. The normalized spacial score (nSPS) is 10.5. The molecule has 0 saturated carbocycles. The van der Waals surface area contributed by atoms with Crippen molar-refractivity contribution in [1.82, 2.24) is 4.98 Å². The molecule has 5 heteroatoms.